The number of halogens is 3. The van der Waals surface area contributed by atoms with Gasteiger partial charge < -0.3 is 0 Å². The summed E-state index contributed by atoms with van der Waals surface area (Å²) >= 11 is 16.3. The van der Waals surface area contributed by atoms with E-state index in [0.29, 0.717) is 0 Å². The van der Waals surface area contributed by atoms with Crippen molar-refractivity contribution in [3.05, 3.63) is 45.4 Å². The molecule has 0 heterocycles. The smallest absolute Gasteiger partial charge is 0.258 e. The second kappa shape index (κ2) is 4.88. The van der Waals surface area contributed by atoms with Gasteiger partial charge in [0.05, 0.1) is 19.8 Å². The molecule has 0 atom stereocenters. The number of nitro groups is 3. The Kier molecular flexibility index (Phi) is 3.89. The molecule has 0 N–H and O–H groups in total. The van der Waals surface area contributed by atoms with E-state index in [-0.39, 0.29) is 0 Å². The molecule has 0 fully saturated rings. The Hall–Kier alpha value is -1.71. The number of benzene rings is 1. The normalized spacial score (nSPS) is 10.2. The first-order chi connectivity index (χ1) is 8.20. The minimum absolute atomic E-state index is 0.692. The molecule has 0 aromatic heterocycles. The largest absolute Gasteiger partial charge is 0.425 e. The van der Waals surface area contributed by atoms with Crippen molar-refractivity contribution in [3.63, 3.8) is 0 Å². The van der Waals surface area contributed by atoms with Gasteiger partial charge in [0.2, 0.25) is 0 Å². The van der Waals surface area contributed by atoms with Crippen LogP contribution in [0.5, 0.6) is 0 Å². The number of rotatable bonds is 3. The Morgan fingerprint density at radius 1 is 0.611 bits per heavy atom. The lowest BCUT2D eigenvalue weighted by atomic mass is 10.2. The Morgan fingerprint density at radius 3 is 1.11 bits per heavy atom. The van der Waals surface area contributed by atoms with Gasteiger partial charge in [-0.2, -0.15) is 0 Å². The zero-order chi connectivity index (χ0) is 14.2. The number of hydrogen-bond acceptors (Lipinski definition) is 6. The monoisotopic (exact) mass is 315 g/mol. The van der Waals surface area contributed by atoms with Gasteiger partial charge >= 0.3 is 17.1 Å². The molecule has 0 aliphatic rings. The van der Waals surface area contributed by atoms with Gasteiger partial charge in [0.1, 0.15) is 10.0 Å². The van der Waals surface area contributed by atoms with Crippen molar-refractivity contribution in [3.8, 4) is 0 Å². The number of nitro benzene ring substituents is 3. The Balaban J connectivity index is 3.99. The highest BCUT2D eigenvalue weighted by Crippen LogP contribution is 2.50. The van der Waals surface area contributed by atoms with E-state index in [1.54, 1.807) is 0 Å². The van der Waals surface area contributed by atoms with Crippen LogP contribution in [0.25, 0.3) is 0 Å². The van der Waals surface area contributed by atoms with Gasteiger partial charge in [-0.3, -0.25) is 30.3 Å². The maximum Gasteiger partial charge on any atom is 0.425 e. The van der Waals surface area contributed by atoms with E-state index in [1.165, 1.54) is 0 Å². The maximum atomic E-state index is 10.7. The highest BCUT2D eigenvalue weighted by atomic mass is 35.5. The highest BCUT2D eigenvalue weighted by molar-refractivity contribution is 6.50. The van der Waals surface area contributed by atoms with Crippen LogP contribution in [0.3, 0.4) is 0 Å². The third kappa shape index (κ3) is 2.15. The molecule has 0 amide bonds. The first-order valence-corrected chi connectivity index (χ1v) is 4.97. The molecule has 1 aromatic rings. The summed E-state index contributed by atoms with van der Waals surface area (Å²) in [5.41, 5.74) is -3.96. The Morgan fingerprint density at radius 2 is 0.889 bits per heavy atom. The lowest BCUT2D eigenvalue weighted by molar-refractivity contribution is -0.440. The maximum absolute atomic E-state index is 10.7. The Labute approximate surface area is 112 Å². The molecule has 0 radical (unpaired) electrons. The van der Waals surface area contributed by atoms with Crippen LogP contribution in [0.4, 0.5) is 17.1 Å². The van der Waals surface area contributed by atoms with Gasteiger partial charge in [-0.1, -0.05) is 34.8 Å². The molecule has 0 saturated carbocycles. The average molecular weight is 316 g/mol. The summed E-state index contributed by atoms with van der Waals surface area (Å²) in [6.45, 7) is 0. The van der Waals surface area contributed by atoms with Crippen LogP contribution in [0.1, 0.15) is 0 Å². The van der Waals surface area contributed by atoms with Crippen molar-refractivity contribution >= 4 is 51.9 Å². The van der Waals surface area contributed by atoms with Gasteiger partial charge in [-0.25, -0.2) is 0 Å². The molecule has 0 spiro atoms. The topological polar surface area (TPSA) is 129 Å². The minimum atomic E-state index is -1.41. The van der Waals surface area contributed by atoms with Crippen LogP contribution >= 0.6 is 34.8 Å². The van der Waals surface area contributed by atoms with Crippen LogP contribution in [0.15, 0.2) is 0 Å². The van der Waals surface area contributed by atoms with Crippen LogP contribution in [-0.4, -0.2) is 14.8 Å². The molecule has 12 heteroatoms. The second-order valence-electron chi connectivity index (χ2n) is 2.76. The molecule has 96 valence electrons. The predicted molar refractivity (Wildman–Crippen MR) is 61.4 cm³/mol. The molecule has 9 nitrogen and oxygen atoms in total. The van der Waals surface area contributed by atoms with E-state index < -0.39 is 46.9 Å². The lowest BCUT2D eigenvalue weighted by Crippen LogP contribution is -2.03. The summed E-state index contributed by atoms with van der Waals surface area (Å²) in [5, 5.41) is 29.7. The predicted octanol–water partition coefficient (Wildman–Crippen LogP) is 3.37. The molecule has 0 aliphatic carbocycles. The van der Waals surface area contributed by atoms with Gasteiger partial charge in [-0.15, -0.1) is 0 Å². The summed E-state index contributed by atoms with van der Waals surface area (Å²) < 4.78 is 0. The third-order valence-electron chi connectivity index (χ3n) is 1.80. The van der Waals surface area contributed by atoms with E-state index in [9.17, 15) is 30.3 Å². The summed E-state index contributed by atoms with van der Waals surface area (Å²) in [6, 6.07) is 0. The number of nitrogens with zero attached hydrogens (tertiary/aromatic N) is 3. The van der Waals surface area contributed by atoms with Gasteiger partial charge in [0.15, 0.2) is 0 Å². The summed E-state index contributed by atoms with van der Waals surface area (Å²) in [5.74, 6) is 0. The fraction of sp³-hybridized carbons (Fsp3) is 0. The first kappa shape index (κ1) is 14.4. The van der Waals surface area contributed by atoms with Crippen LogP contribution < -0.4 is 0 Å². The molecule has 0 aliphatic heterocycles. The quantitative estimate of drug-likeness (QED) is 0.477. The summed E-state index contributed by atoms with van der Waals surface area (Å²) in [7, 11) is 0. The average Bonchev–Trinajstić information content (AvgIpc) is 2.23. The van der Waals surface area contributed by atoms with E-state index >= 15 is 0 Å². The summed E-state index contributed by atoms with van der Waals surface area (Å²) in [6.07, 6.45) is 0. The van der Waals surface area contributed by atoms with Crippen molar-refractivity contribution in [2.24, 2.45) is 0 Å². The molecule has 0 bridgehead atoms. The number of hydrogen-bond donors (Lipinski definition) is 0. The van der Waals surface area contributed by atoms with Crippen molar-refractivity contribution in [1.29, 1.82) is 0 Å². The zero-order valence-corrected chi connectivity index (χ0v) is 10.2. The van der Waals surface area contributed by atoms with Crippen molar-refractivity contribution < 1.29 is 14.8 Å². The molecule has 18 heavy (non-hydrogen) atoms. The molecule has 0 saturated heterocycles. The summed E-state index contributed by atoms with van der Waals surface area (Å²) in [4.78, 5) is 28.3. The minimum Gasteiger partial charge on any atom is -0.258 e. The third-order valence-corrected chi connectivity index (χ3v) is 3.10. The molecule has 0 unspecified atom stereocenters. The van der Waals surface area contributed by atoms with Crippen molar-refractivity contribution in [1.82, 2.24) is 0 Å². The van der Waals surface area contributed by atoms with Gasteiger partial charge in [-0.05, 0) is 0 Å². The SMILES string of the molecule is O=[N+]([O-])c1c(Cl)c(Cl)c(Cl)c([N+](=O)[O-])c1[N+](=O)[O-]. The van der Waals surface area contributed by atoms with Crippen LogP contribution in [-0.2, 0) is 0 Å². The highest BCUT2D eigenvalue weighted by Gasteiger charge is 2.43. The second-order valence-corrected chi connectivity index (χ2v) is 3.89. The fourth-order valence-electron chi connectivity index (χ4n) is 1.13. The van der Waals surface area contributed by atoms with Crippen LogP contribution in [0, 0.1) is 30.3 Å². The van der Waals surface area contributed by atoms with E-state index in [2.05, 4.69) is 0 Å². The standard InChI is InChI=1S/C6Cl3N3O6/c7-1-2(8)4(10(13)14)6(12(17)18)5(3(1)9)11(15)16. The molecular weight excluding hydrogens is 316 g/mol. The molecular formula is C6Cl3N3O6. The van der Waals surface area contributed by atoms with E-state index in [1.807, 2.05) is 0 Å². The van der Waals surface area contributed by atoms with Gasteiger partial charge in [0.25, 0.3) is 0 Å². The van der Waals surface area contributed by atoms with Crippen molar-refractivity contribution in [2.45, 2.75) is 0 Å². The molecule has 1 rings (SSSR count). The van der Waals surface area contributed by atoms with Gasteiger partial charge in [0, 0.05) is 0 Å². The zero-order valence-electron chi connectivity index (χ0n) is 7.93. The lowest BCUT2D eigenvalue weighted by Gasteiger charge is -2.03. The van der Waals surface area contributed by atoms with E-state index in [0.717, 1.165) is 0 Å². The molecule has 1 aromatic carbocycles. The van der Waals surface area contributed by atoms with E-state index in [4.69, 9.17) is 34.8 Å². The first-order valence-electron chi connectivity index (χ1n) is 3.83. The Bertz CT molecular complexity index is 547. The van der Waals surface area contributed by atoms with Crippen LogP contribution in [0.2, 0.25) is 15.1 Å². The van der Waals surface area contributed by atoms with Crippen molar-refractivity contribution in [2.75, 3.05) is 0 Å². The fourth-order valence-corrected chi connectivity index (χ4v) is 1.86.